The van der Waals surface area contributed by atoms with Crippen LogP contribution < -0.4 is 5.32 Å². The molecular formula is C9H13BrN2OS. The van der Waals surface area contributed by atoms with E-state index in [1.807, 2.05) is 0 Å². The minimum absolute atomic E-state index is 0.0342. The number of carbonyl (C=O) groups is 1. The zero-order chi connectivity index (χ0) is 10.4. The fourth-order valence-electron chi connectivity index (χ4n) is 1.03. The standard InChI is InChI=1S/C9H13BrN2OS/c1-2-3-7(10)4-12-9(13)8-5-11-6-14-8/h5-7H,2-4H2,1H3,(H,12,13). The number of hydrogen-bond donors (Lipinski definition) is 1. The van der Waals surface area contributed by atoms with E-state index in [0.29, 0.717) is 16.2 Å². The van der Waals surface area contributed by atoms with Gasteiger partial charge in [-0.1, -0.05) is 29.3 Å². The van der Waals surface area contributed by atoms with Crippen LogP contribution in [-0.4, -0.2) is 22.3 Å². The van der Waals surface area contributed by atoms with Crippen LogP contribution in [0.15, 0.2) is 11.7 Å². The predicted octanol–water partition coefficient (Wildman–Crippen LogP) is 2.44. The monoisotopic (exact) mass is 276 g/mol. The van der Waals surface area contributed by atoms with Crippen LogP contribution in [0, 0.1) is 0 Å². The topological polar surface area (TPSA) is 42.0 Å². The first kappa shape index (κ1) is 11.7. The van der Waals surface area contributed by atoms with E-state index < -0.39 is 0 Å². The highest BCUT2D eigenvalue weighted by Crippen LogP contribution is 2.08. The summed E-state index contributed by atoms with van der Waals surface area (Å²) < 4.78 is 0. The molecule has 1 amide bonds. The van der Waals surface area contributed by atoms with Gasteiger partial charge >= 0.3 is 0 Å². The average Bonchev–Trinajstić information content (AvgIpc) is 2.67. The molecule has 1 N–H and O–H groups in total. The van der Waals surface area contributed by atoms with Crippen LogP contribution in [0.3, 0.4) is 0 Å². The van der Waals surface area contributed by atoms with Crippen LogP contribution >= 0.6 is 27.3 Å². The third-order valence-electron chi connectivity index (χ3n) is 1.74. The second kappa shape index (κ2) is 6.14. The Labute approximate surface area is 96.1 Å². The van der Waals surface area contributed by atoms with E-state index in [0.717, 1.165) is 12.8 Å². The summed E-state index contributed by atoms with van der Waals surface area (Å²) in [7, 11) is 0. The lowest BCUT2D eigenvalue weighted by molar-refractivity contribution is 0.0957. The van der Waals surface area contributed by atoms with E-state index in [1.165, 1.54) is 11.3 Å². The van der Waals surface area contributed by atoms with E-state index in [4.69, 9.17) is 0 Å². The number of thiazole rings is 1. The number of nitrogens with one attached hydrogen (secondary N) is 1. The van der Waals surface area contributed by atoms with Gasteiger partial charge in [-0.2, -0.15) is 0 Å². The Morgan fingerprint density at radius 3 is 3.14 bits per heavy atom. The summed E-state index contributed by atoms with van der Waals surface area (Å²) in [5.74, 6) is -0.0342. The van der Waals surface area contributed by atoms with Crippen molar-refractivity contribution in [3.05, 3.63) is 16.6 Å². The van der Waals surface area contributed by atoms with Gasteiger partial charge in [-0.3, -0.25) is 9.78 Å². The maximum absolute atomic E-state index is 11.5. The number of halogens is 1. The summed E-state index contributed by atoms with van der Waals surface area (Å²) >= 11 is 4.86. The molecule has 0 saturated heterocycles. The molecule has 1 atom stereocenters. The zero-order valence-corrected chi connectivity index (χ0v) is 10.4. The molecule has 0 saturated carbocycles. The first-order valence-electron chi connectivity index (χ1n) is 4.54. The number of rotatable bonds is 5. The molecule has 1 heterocycles. The van der Waals surface area contributed by atoms with Crippen molar-refractivity contribution in [3.8, 4) is 0 Å². The summed E-state index contributed by atoms with van der Waals surface area (Å²) in [6, 6.07) is 0. The average molecular weight is 277 g/mol. The van der Waals surface area contributed by atoms with E-state index in [1.54, 1.807) is 11.7 Å². The lowest BCUT2D eigenvalue weighted by Gasteiger charge is -2.08. The second-order valence-electron chi connectivity index (χ2n) is 2.96. The molecule has 1 unspecified atom stereocenters. The Morgan fingerprint density at radius 1 is 1.79 bits per heavy atom. The smallest absolute Gasteiger partial charge is 0.263 e. The van der Waals surface area contributed by atoms with Gasteiger partial charge in [0.15, 0.2) is 0 Å². The molecule has 14 heavy (non-hydrogen) atoms. The van der Waals surface area contributed by atoms with Gasteiger partial charge in [-0.05, 0) is 6.42 Å². The minimum atomic E-state index is -0.0342. The lowest BCUT2D eigenvalue weighted by Crippen LogP contribution is -2.28. The third kappa shape index (κ3) is 3.75. The maximum Gasteiger partial charge on any atom is 0.263 e. The summed E-state index contributed by atoms with van der Waals surface area (Å²) in [6.45, 7) is 2.80. The Balaban J connectivity index is 2.28. The largest absolute Gasteiger partial charge is 0.350 e. The molecule has 3 nitrogen and oxygen atoms in total. The van der Waals surface area contributed by atoms with E-state index in [9.17, 15) is 4.79 Å². The van der Waals surface area contributed by atoms with Gasteiger partial charge in [0.1, 0.15) is 4.88 Å². The van der Waals surface area contributed by atoms with Gasteiger partial charge in [-0.25, -0.2) is 0 Å². The molecule has 0 aliphatic heterocycles. The van der Waals surface area contributed by atoms with Crippen LogP contribution in [0.4, 0.5) is 0 Å². The van der Waals surface area contributed by atoms with Crippen molar-refractivity contribution >= 4 is 33.2 Å². The first-order valence-corrected chi connectivity index (χ1v) is 6.34. The quantitative estimate of drug-likeness (QED) is 0.840. The Bertz CT molecular complexity index is 276. The van der Waals surface area contributed by atoms with Crippen LogP contribution in [0.2, 0.25) is 0 Å². The van der Waals surface area contributed by atoms with Crippen molar-refractivity contribution in [2.75, 3.05) is 6.54 Å². The molecule has 1 aromatic heterocycles. The van der Waals surface area contributed by atoms with Crippen molar-refractivity contribution < 1.29 is 4.79 Å². The molecule has 0 fully saturated rings. The molecule has 78 valence electrons. The molecule has 5 heteroatoms. The van der Waals surface area contributed by atoms with Crippen LogP contribution in [0.1, 0.15) is 29.4 Å². The SMILES string of the molecule is CCCC(Br)CNC(=O)c1cncs1. The highest BCUT2D eigenvalue weighted by Gasteiger charge is 2.08. The number of alkyl halides is 1. The highest BCUT2D eigenvalue weighted by molar-refractivity contribution is 9.09. The zero-order valence-electron chi connectivity index (χ0n) is 8.00. The molecular weight excluding hydrogens is 264 g/mol. The van der Waals surface area contributed by atoms with Gasteiger partial charge in [0.25, 0.3) is 5.91 Å². The van der Waals surface area contributed by atoms with Gasteiger partial charge in [-0.15, -0.1) is 11.3 Å². The number of carbonyl (C=O) groups excluding carboxylic acids is 1. The molecule has 1 aromatic rings. The molecule has 0 bridgehead atoms. The molecule has 0 aromatic carbocycles. The molecule has 0 aliphatic rings. The van der Waals surface area contributed by atoms with Crippen molar-refractivity contribution in [2.45, 2.75) is 24.6 Å². The first-order chi connectivity index (χ1) is 6.74. The number of aromatic nitrogens is 1. The maximum atomic E-state index is 11.5. The Kier molecular flexibility index (Phi) is 5.11. The Hall–Kier alpha value is -0.420. The van der Waals surface area contributed by atoms with Gasteiger partial charge in [0.05, 0.1) is 11.7 Å². The minimum Gasteiger partial charge on any atom is -0.350 e. The summed E-state index contributed by atoms with van der Waals surface area (Å²) in [5, 5.41) is 2.85. The third-order valence-corrected chi connectivity index (χ3v) is 3.30. The lowest BCUT2D eigenvalue weighted by atomic mass is 10.2. The summed E-state index contributed by atoms with van der Waals surface area (Å²) in [5.41, 5.74) is 1.66. The van der Waals surface area contributed by atoms with Crippen LogP contribution in [0.5, 0.6) is 0 Å². The van der Waals surface area contributed by atoms with Gasteiger partial charge in [0.2, 0.25) is 0 Å². The predicted molar refractivity (Wildman–Crippen MR) is 62.1 cm³/mol. The Morgan fingerprint density at radius 2 is 2.57 bits per heavy atom. The van der Waals surface area contributed by atoms with Crippen molar-refractivity contribution in [3.63, 3.8) is 0 Å². The summed E-state index contributed by atoms with van der Waals surface area (Å²) in [6.07, 6.45) is 3.78. The second-order valence-corrected chi connectivity index (χ2v) is 5.14. The van der Waals surface area contributed by atoms with E-state index >= 15 is 0 Å². The molecule has 0 aliphatic carbocycles. The fraction of sp³-hybridized carbons (Fsp3) is 0.556. The number of amides is 1. The molecule has 0 spiro atoms. The van der Waals surface area contributed by atoms with Crippen LogP contribution in [-0.2, 0) is 0 Å². The van der Waals surface area contributed by atoms with Crippen molar-refractivity contribution in [1.29, 1.82) is 0 Å². The van der Waals surface area contributed by atoms with Crippen molar-refractivity contribution in [2.24, 2.45) is 0 Å². The summed E-state index contributed by atoms with van der Waals surface area (Å²) in [4.78, 5) is 16.3. The van der Waals surface area contributed by atoms with Gasteiger partial charge in [0, 0.05) is 11.4 Å². The number of hydrogen-bond acceptors (Lipinski definition) is 3. The highest BCUT2D eigenvalue weighted by atomic mass is 79.9. The van der Waals surface area contributed by atoms with E-state index in [2.05, 4.69) is 33.2 Å². The molecule has 0 radical (unpaired) electrons. The van der Waals surface area contributed by atoms with E-state index in [-0.39, 0.29) is 5.91 Å². The fourth-order valence-corrected chi connectivity index (χ4v) is 2.19. The van der Waals surface area contributed by atoms with Crippen molar-refractivity contribution in [1.82, 2.24) is 10.3 Å². The van der Waals surface area contributed by atoms with Crippen LogP contribution in [0.25, 0.3) is 0 Å². The number of nitrogens with zero attached hydrogens (tertiary/aromatic N) is 1. The molecule has 1 rings (SSSR count). The van der Waals surface area contributed by atoms with Gasteiger partial charge < -0.3 is 5.32 Å². The normalized spacial score (nSPS) is 12.4.